The quantitative estimate of drug-likeness (QED) is 0.647. The van der Waals surface area contributed by atoms with Crippen molar-refractivity contribution in [3.05, 3.63) is 0 Å². The van der Waals surface area contributed by atoms with Gasteiger partial charge in [0.25, 0.3) is 0 Å². The fraction of sp³-hybridized carbons (Fsp3) is 0.857. The zero-order valence-corrected chi connectivity index (χ0v) is 7.72. The first kappa shape index (κ1) is 8.95. The van der Waals surface area contributed by atoms with Gasteiger partial charge in [0.15, 0.2) is 0 Å². The van der Waals surface area contributed by atoms with Crippen molar-refractivity contribution in [3.63, 3.8) is 0 Å². The minimum absolute atomic E-state index is 0.128. The molecule has 0 aromatic heterocycles. The van der Waals surface area contributed by atoms with Crippen molar-refractivity contribution in [2.24, 2.45) is 0 Å². The standard InChI is InChI=1S/C7H14NO2P/c1-2-10-11-6-4-3-5-8-7(6)9/h6,11H,2-5H2,1H3,(H,8,9). The summed E-state index contributed by atoms with van der Waals surface area (Å²) in [5.41, 5.74) is 0.128. The maximum absolute atomic E-state index is 11.1. The van der Waals surface area contributed by atoms with Gasteiger partial charge in [-0.05, 0) is 19.8 Å². The summed E-state index contributed by atoms with van der Waals surface area (Å²) >= 11 is 0. The van der Waals surface area contributed by atoms with Crippen molar-refractivity contribution in [3.8, 4) is 0 Å². The summed E-state index contributed by atoms with van der Waals surface area (Å²) < 4.78 is 5.21. The molecule has 1 fully saturated rings. The first-order chi connectivity index (χ1) is 5.34. The van der Waals surface area contributed by atoms with Crippen LogP contribution >= 0.6 is 8.81 Å². The third-order valence-electron chi connectivity index (χ3n) is 1.66. The van der Waals surface area contributed by atoms with Crippen molar-refractivity contribution in [2.45, 2.75) is 25.4 Å². The second-order valence-electron chi connectivity index (χ2n) is 2.54. The van der Waals surface area contributed by atoms with Gasteiger partial charge in [-0.15, -0.1) is 0 Å². The van der Waals surface area contributed by atoms with Gasteiger partial charge in [-0.3, -0.25) is 4.79 Å². The van der Waals surface area contributed by atoms with Crippen molar-refractivity contribution < 1.29 is 9.32 Å². The molecule has 11 heavy (non-hydrogen) atoms. The summed E-state index contributed by atoms with van der Waals surface area (Å²) in [6.07, 6.45) is 2.08. The number of nitrogens with one attached hydrogen (secondary N) is 1. The summed E-state index contributed by atoms with van der Waals surface area (Å²) in [5.74, 6) is 0.169. The van der Waals surface area contributed by atoms with E-state index in [1.54, 1.807) is 0 Å². The number of rotatable bonds is 3. The second-order valence-corrected chi connectivity index (χ2v) is 3.76. The van der Waals surface area contributed by atoms with E-state index in [0.29, 0.717) is 15.4 Å². The van der Waals surface area contributed by atoms with Crippen LogP contribution in [0.25, 0.3) is 0 Å². The van der Waals surface area contributed by atoms with E-state index in [4.69, 9.17) is 4.52 Å². The summed E-state index contributed by atoms with van der Waals surface area (Å²) in [4.78, 5) is 11.1. The number of amides is 1. The van der Waals surface area contributed by atoms with Gasteiger partial charge >= 0.3 is 0 Å². The van der Waals surface area contributed by atoms with Gasteiger partial charge in [0, 0.05) is 22.0 Å². The van der Waals surface area contributed by atoms with Crippen LogP contribution in [0.3, 0.4) is 0 Å². The summed E-state index contributed by atoms with van der Waals surface area (Å²) in [6, 6.07) is 0. The third-order valence-corrected chi connectivity index (χ3v) is 2.95. The Balaban J connectivity index is 2.24. The first-order valence-corrected chi connectivity index (χ1v) is 4.98. The van der Waals surface area contributed by atoms with Crippen LogP contribution in [0.1, 0.15) is 19.8 Å². The first-order valence-electron chi connectivity index (χ1n) is 3.99. The van der Waals surface area contributed by atoms with Gasteiger partial charge in [0.2, 0.25) is 5.91 Å². The molecule has 0 aromatic rings. The maximum Gasteiger partial charge on any atom is 0.229 e. The zero-order valence-electron chi connectivity index (χ0n) is 6.72. The highest BCUT2D eigenvalue weighted by Gasteiger charge is 2.21. The van der Waals surface area contributed by atoms with Crippen molar-refractivity contribution in [1.82, 2.24) is 5.32 Å². The molecular formula is C7H14NO2P. The van der Waals surface area contributed by atoms with E-state index < -0.39 is 0 Å². The average molecular weight is 175 g/mol. The van der Waals surface area contributed by atoms with Gasteiger partial charge in [-0.2, -0.15) is 0 Å². The molecule has 0 bridgehead atoms. The molecule has 2 atom stereocenters. The Morgan fingerprint density at radius 3 is 3.27 bits per heavy atom. The van der Waals surface area contributed by atoms with E-state index >= 15 is 0 Å². The van der Waals surface area contributed by atoms with Crippen LogP contribution in [0, 0.1) is 0 Å². The normalized spacial score (nSPS) is 25.9. The monoisotopic (exact) mass is 175 g/mol. The Hall–Kier alpha value is -0.140. The van der Waals surface area contributed by atoms with E-state index in [1.807, 2.05) is 6.92 Å². The van der Waals surface area contributed by atoms with Crippen molar-refractivity contribution in [1.29, 1.82) is 0 Å². The lowest BCUT2D eigenvalue weighted by Crippen LogP contribution is -2.37. The Morgan fingerprint density at radius 2 is 2.64 bits per heavy atom. The van der Waals surface area contributed by atoms with Crippen LogP contribution in [0.4, 0.5) is 0 Å². The third kappa shape index (κ3) is 2.76. The van der Waals surface area contributed by atoms with Gasteiger partial charge < -0.3 is 9.84 Å². The van der Waals surface area contributed by atoms with Gasteiger partial charge in [0.05, 0.1) is 5.66 Å². The lowest BCUT2D eigenvalue weighted by molar-refractivity contribution is -0.121. The highest BCUT2D eigenvalue weighted by Crippen LogP contribution is 2.26. The Morgan fingerprint density at radius 1 is 1.82 bits per heavy atom. The molecule has 1 rings (SSSR count). The van der Waals surface area contributed by atoms with Crippen LogP contribution in [-0.4, -0.2) is 24.7 Å². The number of carbonyl (C=O) groups is 1. The predicted molar refractivity (Wildman–Crippen MR) is 46.0 cm³/mol. The van der Waals surface area contributed by atoms with Crippen LogP contribution in [0.2, 0.25) is 0 Å². The average Bonchev–Trinajstić information content (AvgIpc) is 2.03. The summed E-state index contributed by atoms with van der Waals surface area (Å²) in [5, 5.41) is 2.83. The molecule has 0 spiro atoms. The summed E-state index contributed by atoms with van der Waals surface area (Å²) in [7, 11) is 0.350. The highest BCUT2D eigenvalue weighted by atomic mass is 31.1. The minimum Gasteiger partial charge on any atom is -0.362 e. The Kier molecular flexibility index (Phi) is 3.81. The zero-order chi connectivity index (χ0) is 8.10. The van der Waals surface area contributed by atoms with Crippen LogP contribution in [0.15, 0.2) is 0 Å². The van der Waals surface area contributed by atoms with E-state index in [1.165, 1.54) is 0 Å². The molecule has 0 aromatic carbocycles. The topological polar surface area (TPSA) is 38.3 Å². The van der Waals surface area contributed by atoms with E-state index in [0.717, 1.165) is 19.4 Å². The van der Waals surface area contributed by atoms with E-state index in [-0.39, 0.29) is 11.6 Å². The van der Waals surface area contributed by atoms with Crippen molar-refractivity contribution in [2.75, 3.05) is 13.2 Å². The van der Waals surface area contributed by atoms with Crippen molar-refractivity contribution >= 4 is 14.7 Å². The van der Waals surface area contributed by atoms with Crippen LogP contribution in [-0.2, 0) is 9.32 Å². The molecule has 1 heterocycles. The number of carbonyl (C=O) groups excluding carboxylic acids is 1. The molecule has 2 unspecified atom stereocenters. The van der Waals surface area contributed by atoms with Gasteiger partial charge in [0.1, 0.15) is 0 Å². The van der Waals surface area contributed by atoms with E-state index in [2.05, 4.69) is 5.32 Å². The maximum atomic E-state index is 11.1. The molecule has 1 aliphatic heterocycles. The molecule has 64 valence electrons. The predicted octanol–water partition coefficient (Wildman–Crippen LogP) is 0.895. The van der Waals surface area contributed by atoms with E-state index in [9.17, 15) is 4.79 Å². The number of piperidine rings is 1. The fourth-order valence-corrected chi connectivity index (χ4v) is 1.97. The molecule has 1 saturated heterocycles. The SMILES string of the molecule is CCOPC1CCCNC1=O. The molecule has 1 amide bonds. The Bertz CT molecular complexity index is 140. The van der Waals surface area contributed by atoms with Gasteiger partial charge in [-0.25, -0.2) is 0 Å². The van der Waals surface area contributed by atoms with Crippen LogP contribution < -0.4 is 5.32 Å². The smallest absolute Gasteiger partial charge is 0.229 e. The molecule has 0 aliphatic carbocycles. The Labute approximate surface area is 68.7 Å². The molecule has 1 aliphatic rings. The largest absolute Gasteiger partial charge is 0.362 e. The minimum atomic E-state index is 0.128. The molecule has 0 radical (unpaired) electrons. The number of hydrogen-bond acceptors (Lipinski definition) is 2. The highest BCUT2D eigenvalue weighted by molar-refractivity contribution is 7.34. The molecule has 3 nitrogen and oxygen atoms in total. The summed E-state index contributed by atoms with van der Waals surface area (Å²) in [6.45, 7) is 3.50. The molecular weight excluding hydrogens is 161 g/mol. The molecule has 1 N–H and O–H groups in total. The molecule has 4 heteroatoms. The lowest BCUT2D eigenvalue weighted by Gasteiger charge is -2.20. The van der Waals surface area contributed by atoms with Gasteiger partial charge in [-0.1, -0.05) is 0 Å². The fourth-order valence-electron chi connectivity index (χ4n) is 1.07. The number of hydrogen-bond donors (Lipinski definition) is 1. The lowest BCUT2D eigenvalue weighted by atomic mass is 10.1. The van der Waals surface area contributed by atoms with Crippen LogP contribution in [0.5, 0.6) is 0 Å². The second kappa shape index (κ2) is 4.68. The molecule has 0 saturated carbocycles.